The van der Waals surface area contributed by atoms with Gasteiger partial charge in [0.05, 0.1) is 17.6 Å². The van der Waals surface area contributed by atoms with Gasteiger partial charge >= 0.3 is 5.97 Å². The van der Waals surface area contributed by atoms with Crippen molar-refractivity contribution in [3.05, 3.63) is 29.6 Å². The number of nitrogens with one attached hydrogen (secondary N) is 1. The number of halogens is 1. The number of sulfonamides is 1. The quantitative estimate of drug-likeness (QED) is 0.766. The maximum Gasteiger partial charge on any atom is 0.339 e. The number of ether oxygens (including phenoxy) is 1. The smallest absolute Gasteiger partial charge is 0.339 e. The van der Waals surface area contributed by atoms with E-state index < -0.39 is 21.8 Å². The van der Waals surface area contributed by atoms with E-state index in [4.69, 9.17) is 0 Å². The monoisotopic (exact) mass is 371 g/mol. The third kappa shape index (κ3) is 3.69. The lowest BCUT2D eigenvalue weighted by Crippen LogP contribution is -2.49. The number of rotatable bonds is 4. The molecule has 0 aromatic heterocycles. The molecule has 2 saturated heterocycles. The summed E-state index contributed by atoms with van der Waals surface area (Å²) >= 11 is 0. The van der Waals surface area contributed by atoms with E-state index >= 15 is 0 Å². The molecule has 2 fully saturated rings. The standard InChI is InChI=1S/C16H22FN3O4S/c1-24-16(21)14-10-12(17)2-3-15(14)25(22,23)20-7-4-13(11-20)19-8-5-18-6-9-19/h2-3,10,13,18H,4-9,11H2,1H3. The number of hydrogen-bond donors (Lipinski definition) is 1. The summed E-state index contributed by atoms with van der Waals surface area (Å²) in [4.78, 5) is 14.0. The van der Waals surface area contributed by atoms with Crippen LogP contribution in [0.4, 0.5) is 4.39 Å². The van der Waals surface area contributed by atoms with Crippen molar-refractivity contribution in [3.8, 4) is 0 Å². The molecule has 1 N–H and O–H groups in total. The van der Waals surface area contributed by atoms with Crippen molar-refractivity contribution in [3.63, 3.8) is 0 Å². The molecule has 1 atom stereocenters. The van der Waals surface area contributed by atoms with Gasteiger partial charge < -0.3 is 10.1 Å². The van der Waals surface area contributed by atoms with Gasteiger partial charge in [0.15, 0.2) is 0 Å². The minimum Gasteiger partial charge on any atom is -0.465 e. The maximum absolute atomic E-state index is 13.5. The molecule has 7 nitrogen and oxygen atoms in total. The van der Waals surface area contributed by atoms with E-state index in [-0.39, 0.29) is 16.5 Å². The first-order chi connectivity index (χ1) is 11.9. The fraction of sp³-hybridized carbons (Fsp3) is 0.562. The molecule has 0 radical (unpaired) electrons. The Morgan fingerprint density at radius 1 is 1.28 bits per heavy atom. The van der Waals surface area contributed by atoms with E-state index in [1.165, 1.54) is 4.31 Å². The van der Waals surface area contributed by atoms with Gasteiger partial charge in [-0.15, -0.1) is 0 Å². The Morgan fingerprint density at radius 3 is 2.68 bits per heavy atom. The first-order valence-corrected chi connectivity index (χ1v) is 9.70. The highest BCUT2D eigenvalue weighted by Crippen LogP contribution is 2.27. The van der Waals surface area contributed by atoms with Crippen molar-refractivity contribution in [2.24, 2.45) is 0 Å². The van der Waals surface area contributed by atoms with E-state index in [9.17, 15) is 17.6 Å². The Balaban J connectivity index is 1.84. The van der Waals surface area contributed by atoms with E-state index in [0.717, 1.165) is 57.9 Å². The predicted molar refractivity (Wildman–Crippen MR) is 89.3 cm³/mol. The van der Waals surface area contributed by atoms with Crippen LogP contribution in [0.1, 0.15) is 16.8 Å². The minimum atomic E-state index is -3.89. The SMILES string of the molecule is COC(=O)c1cc(F)ccc1S(=O)(=O)N1CCC(N2CCNCC2)C1. The number of piperazine rings is 1. The number of benzene rings is 1. The minimum absolute atomic E-state index is 0.166. The molecule has 0 amide bonds. The zero-order chi connectivity index (χ0) is 18.0. The Bertz CT molecular complexity index is 750. The molecule has 0 saturated carbocycles. The van der Waals surface area contributed by atoms with Crippen LogP contribution >= 0.6 is 0 Å². The van der Waals surface area contributed by atoms with Crippen molar-refractivity contribution in [2.75, 3.05) is 46.4 Å². The van der Waals surface area contributed by atoms with Crippen LogP contribution in [0, 0.1) is 5.82 Å². The third-order valence-electron chi connectivity index (χ3n) is 4.76. The number of hydrogen-bond acceptors (Lipinski definition) is 6. The lowest BCUT2D eigenvalue weighted by atomic mass is 10.2. The van der Waals surface area contributed by atoms with Crippen LogP contribution in [0.25, 0.3) is 0 Å². The number of esters is 1. The van der Waals surface area contributed by atoms with E-state index in [1.807, 2.05) is 0 Å². The van der Waals surface area contributed by atoms with Crippen molar-refractivity contribution in [1.82, 2.24) is 14.5 Å². The molecular formula is C16H22FN3O4S. The Morgan fingerprint density at radius 2 is 2.00 bits per heavy atom. The summed E-state index contributed by atoms with van der Waals surface area (Å²) in [6.45, 7) is 4.33. The number of nitrogens with zero attached hydrogens (tertiary/aromatic N) is 2. The van der Waals surface area contributed by atoms with Gasteiger partial charge in [-0.05, 0) is 24.6 Å². The summed E-state index contributed by atoms with van der Waals surface area (Å²) in [6.07, 6.45) is 0.744. The van der Waals surface area contributed by atoms with E-state index in [0.29, 0.717) is 13.1 Å². The average molecular weight is 371 g/mol. The van der Waals surface area contributed by atoms with Gasteiger partial charge in [-0.25, -0.2) is 17.6 Å². The van der Waals surface area contributed by atoms with Gasteiger partial charge in [0.25, 0.3) is 0 Å². The Kier molecular flexibility index (Phi) is 5.38. The summed E-state index contributed by atoms with van der Waals surface area (Å²) in [5.74, 6) is -1.55. The number of methoxy groups -OCH3 is 1. The van der Waals surface area contributed by atoms with Crippen molar-refractivity contribution in [2.45, 2.75) is 17.4 Å². The summed E-state index contributed by atoms with van der Waals surface area (Å²) in [5.41, 5.74) is -0.270. The highest BCUT2D eigenvalue weighted by atomic mass is 32.2. The molecule has 0 spiro atoms. The van der Waals surface area contributed by atoms with Crippen molar-refractivity contribution in [1.29, 1.82) is 0 Å². The molecule has 3 rings (SSSR count). The lowest BCUT2D eigenvalue weighted by molar-refractivity contribution is 0.0595. The maximum atomic E-state index is 13.5. The molecule has 1 aromatic rings. The molecule has 2 aliphatic heterocycles. The zero-order valence-corrected chi connectivity index (χ0v) is 14.9. The molecule has 2 aliphatic rings. The second kappa shape index (κ2) is 7.36. The number of carbonyl (C=O) groups excluding carboxylic acids is 1. The molecule has 25 heavy (non-hydrogen) atoms. The van der Waals surface area contributed by atoms with Crippen LogP contribution in [0.15, 0.2) is 23.1 Å². The topological polar surface area (TPSA) is 79.0 Å². The van der Waals surface area contributed by atoms with Crippen LogP contribution in [-0.2, 0) is 14.8 Å². The van der Waals surface area contributed by atoms with Crippen molar-refractivity contribution < 1.29 is 22.3 Å². The van der Waals surface area contributed by atoms with E-state index in [2.05, 4.69) is 15.0 Å². The average Bonchev–Trinajstić information content (AvgIpc) is 3.12. The summed E-state index contributed by atoms with van der Waals surface area (Å²) in [5, 5.41) is 3.28. The highest BCUT2D eigenvalue weighted by molar-refractivity contribution is 7.89. The van der Waals surface area contributed by atoms with E-state index in [1.54, 1.807) is 0 Å². The van der Waals surface area contributed by atoms with Crippen molar-refractivity contribution >= 4 is 16.0 Å². The lowest BCUT2D eigenvalue weighted by Gasteiger charge is -2.32. The predicted octanol–water partition coefficient (Wildman–Crippen LogP) is 0.281. The largest absolute Gasteiger partial charge is 0.465 e. The molecule has 0 aliphatic carbocycles. The second-order valence-electron chi connectivity index (χ2n) is 6.22. The van der Waals surface area contributed by atoms with Gasteiger partial charge in [-0.3, -0.25) is 4.90 Å². The first-order valence-electron chi connectivity index (χ1n) is 8.26. The van der Waals surface area contributed by atoms with Crippen LogP contribution in [0.3, 0.4) is 0 Å². The Hall–Kier alpha value is -1.55. The molecule has 9 heteroatoms. The summed E-state index contributed by atoms with van der Waals surface area (Å²) in [7, 11) is -2.75. The van der Waals surface area contributed by atoms with Gasteiger partial charge in [-0.2, -0.15) is 4.31 Å². The summed E-state index contributed by atoms with van der Waals surface area (Å²) in [6, 6.07) is 3.25. The zero-order valence-electron chi connectivity index (χ0n) is 14.1. The number of carbonyl (C=O) groups is 1. The Labute approximate surface area is 146 Å². The van der Waals surface area contributed by atoms with Gasteiger partial charge in [0, 0.05) is 45.3 Å². The van der Waals surface area contributed by atoms with Gasteiger partial charge in [0.2, 0.25) is 10.0 Å². The van der Waals surface area contributed by atoms with Crippen LogP contribution in [0.5, 0.6) is 0 Å². The van der Waals surface area contributed by atoms with Gasteiger partial charge in [0.1, 0.15) is 5.82 Å². The fourth-order valence-electron chi connectivity index (χ4n) is 3.41. The molecular weight excluding hydrogens is 349 g/mol. The van der Waals surface area contributed by atoms with Crippen LogP contribution in [-0.4, -0.2) is 76.0 Å². The molecule has 1 aromatic carbocycles. The molecule has 138 valence electrons. The highest BCUT2D eigenvalue weighted by Gasteiger charge is 2.37. The molecule has 0 bridgehead atoms. The normalized spacial score (nSPS) is 22.9. The first kappa shape index (κ1) is 18.2. The molecule has 1 unspecified atom stereocenters. The van der Waals surface area contributed by atoms with Crippen LogP contribution in [0.2, 0.25) is 0 Å². The van der Waals surface area contributed by atoms with Gasteiger partial charge in [-0.1, -0.05) is 0 Å². The third-order valence-corrected chi connectivity index (χ3v) is 6.68. The fourth-order valence-corrected chi connectivity index (χ4v) is 5.06. The molecule has 2 heterocycles. The second-order valence-corrected chi connectivity index (χ2v) is 8.13. The summed E-state index contributed by atoms with van der Waals surface area (Å²) < 4.78 is 45.4. The van der Waals surface area contributed by atoms with Crippen LogP contribution < -0.4 is 5.32 Å².